The third kappa shape index (κ3) is 5.30. The lowest BCUT2D eigenvalue weighted by atomic mass is 9.86. The van der Waals surface area contributed by atoms with Crippen LogP contribution in [0.1, 0.15) is 63.9 Å². The number of methoxy groups -OCH3 is 1. The second-order valence-electron chi connectivity index (χ2n) is 10.2. The average molecular weight is 423 g/mol. The molecule has 1 amide bonds. The van der Waals surface area contributed by atoms with Gasteiger partial charge in [-0.2, -0.15) is 0 Å². The highest BCUT2D eigenvalue weighted by molar-refractivity contribution is 5.84. The van der Waals surface area contributed by atoms with Gasteiger partial charge >= 0.3 is 0 Å². The molecule has 4 heteroatoms. The Hall–Kier alpha value is -2.33. The predicted octanol–water partition coefficient (Wildman–Crippen LogP) is 5.42. The number of carbonyl (C=O) groups excluding carboxylic acids is 1. The summed E-state index contributed by atoms with van der Waals surface area (Å²) < 4.78 is 5.27. The van der Waals surface area contributed by atoms with Crippen molar-refractivity contribution in [2.24, 2.45) is 5.92 Å². The second kappa shape index (κ2) is 9.44. The van der Waals surface area contributed by atoms with Crippen LogP contribution in [0.4, 0.5) is 0 Å². The predicted molar refractivity (Wildman–Crippen MR) is 127 cm³/mol. The molecule has 1 heterocycles. The SMILES string of the molecule is COc1ccc(CCN2C(=O)C(CC(C)C)N(C)C2c2ccc(C(C)(C)C)cc2)cc1. The van der Waals surface area contributed by atoms with Crippen molar-refractivity contribution in [2.75, 3.05) is 20.7 Å². The molecule has 0 spiro atoms. The Morgan fingerprint density at radius 3 is 2.13 bits per heavy atom. The van der Waals surface area contributed by atoms with Gasteiger partial charge in [-0.1, -0.05) is 71.0 Å². The van der Waals surface area contributed by atoms with Crippen LogP contribution in [0.15, 0.2) is 48.5 Å². The molecule has 2 aromatic rings. The van der Waals surface area contributed by atoms with Crippen molar-refractivity contribution >= 4 is 5.91 Å². The lowest BCUT2D eigenvalue weighted by molar-refractivity contribution is -0.130. The van der Waals surface area contributed by atoms with Crippen molar-refractivity contribution in [1.29, 1.82) is 0 Å². The monoisotopic (exact) mass is 422 g/mol. The first-order valence-corrected chi connectivity index (χ1v) is 11.4. The van der Waals surface area contributed by atoms with E-state index < -0.39 is 0 Å². The fourth-order valence-corrected chi connectivity index (χ4v) is 4.43. The molecular formula is C27H38N2O2. The smallest absolute Gasteiger partial charge is 0.241 e. The standard InChI is InChI=1S/C27H38N2O2/c1-19(2)18-24-26(30)29(17-16-20-8-14-23(31-7)15-9-20)25(28(24)6)21-10-12-22(13-11-21)27(3,4)5/h8-15,19,24-25H,16-18H2,1-7H3. The number of nitrogens with zero attached hydrogens (tertiary/aromatic N) is 2. The first kappa shape index (κ1) is 23.3. The molecular weight excluding hydrogens is 384 g/mol. The van der Waals surface area contributed by atoms with Gasteiger partial charge in [-0.15, -0.1) is 0 Å². The molecule has 0 radical (unpaired) electrons. The van der Waals surface area contributed by atoms with Gasteiger partial charge in [0.2, 0.25) is 5.91 Å². The summed E-state index contributed by atoms with van der Waals surface area (Å²) in [7, 11) is 3.78. The quantitative estimate of drug-likeness (QED) is 0.597. The first-order chi connectivity index (χ1) is 14.6. The number of ether oxygens (including phenoxy) is 1. The Morgan fingerprint density at radius 1 is 1.00 bits per heavy atom. The third-order valence-corrected chi connectivity index (χ3v) is 6.31. The summed E-state index contributed by atoms with van der Waals surface area (Å²) in [5, 5.41) is 0. The largest absolute Gasteiger partial charge is 0.497 e. The molecule has 1 fully saturated rings. The van der Waals surface area contributed by atoms with Crippen molar-refractivity contribution in [1.82, 2.24) is 9.80 Å². The minimum absolute atomic E-state index is 0.0245. The lowest BCUT2D eigenvalue weighted by Gasteiger charge is -2.30. The van der Waals surface area contributed by atoms with Crippen molar-refractivity contribution in [3.8, 4) is 5.75 Å². The fraction of sp³-hybridized carbons (Fsp3) is 0.519. The topological polar surface area (TPSA) is 32.8 Å². The van der Waals surface area contributed by atoms with E-state index in [9.17, 15) is 4.79 Å². The zero-order chi connectivity index (χ0) is 22.8. The molecule has 1 aliphatic rings. The van der Waals surface area contributed by atoms with Crippen LogP contribution in [-0.4, -0.2) is 42.5 Å². The van der Waals surface area contributed by atoms with Gasteiger partial charge in [0.25, 0.3) is 0 Å². The summed E-state index contributed by atoms with van der Waals surface area (Å²) in [4.78, 5) is 17.8. The van der Waals surface area contributed by atoms with Gasteiger partial charge in [0.05, 0.1) is 13.2 Å². The summed E-state index contributed by atoms with van der Waals surface area (Å²) in [6.45, 7) is 11.8. The normalized spacial score (nSPS) is 20.0. The molecule has 31 heavy (non-hydrogen) atoms. The maximum atomic E-state index is 13.4. The van der Waals surface area contributed by atoms with Gasteiger partial charge in [0.15, 0.2) is 0 Å². The Labute approximate surface area is 188 Å². The maximum Gasteiger partial charge on any atom is 0.241 e. The molecule has 0 N–H and O–H groups in total. The molecule has 3 rings (SSSR count). The van der Waals surface area contributed by atoms with Crippen molar-refractivity contribution < 1.29 is 9.53 Å². The van der Waals surface area contributed by atoms with Crippen LogP contribution in [0, 0.1) is 5.92 Å². The van der Waals surface area contributed by atoms with Crippen LogP contribution in [-0.2, 0) is 16.6 Å². The highest BCUT2D eigenvalue weighted by atomic mass is 16.5. The van der Waals surface area contributed by atoms with Gasteiger partial charge in [-0.25, -0.2) is 0 Å². The molecule has 2 unspecified atom stereocenters. The van der Waals surface area contributed by atoms with E-state index in [1.54, 1.807) is 7.11 Å². The molecule has 2 atom stereocenters. The van der Waals surface area contributed by atoms with Gasteiger partial charge in [-0.05, 0) is 60.0 Å². The molecule has 1 saturated heterocycles. The number of likely N-dealkylation sites (N-methyl/N-ethyl adjacent to an activating group) is 1. The number of benzene rings is 2. The van der Waals surface area contributed by atoms with Gasteiger partial charge in [0, 0.05) is 6.54 Å². The molecule has 0 aliphatic carbocycles. The van der Waals surface area contributed by atoms with Gasteiger partial charge in [0.1, 0.15) is 11.9 Å². The Balaban J connectivity index is 1.85. The van der Waals surface area contributed by atoms with Crippen LogP contribution < -0.4 is 4.74 Å². The maximum absolute atomic E-state index is 13.4. The van der Waals surface area contributed by atoms with Gasteiger partial charge < -0.3 is 9.64 Å². The zero-order valence-corrected chi connectivity index (χ0v) is 20.2. The van der Waals surface area contributed by atoms with Gasteiger partial charge in [-0.3, -0.25) is 9.69 Å². The molecule has 0 aromatic heterocycles. The summed E-state index contributed by atoms with van der Waals surface area (Å²) >= 11 is 0. The van der Waals surface area contributed by atoms with E-state index in [0.29, 0.717) is 12.5 Å². The van der Waals surface area contributed by atoms with E-state index >= 15 is 0 Å². The number of amides is 1. The van der Waals surface area contributed by atoms with Crippen LogP contribution in [0.2, 0.25) is 0 Å². The number of hydrogen-bond acceptors (Lipinski definition) is 3. The van der Waals surface area contributed by atoms with E-state index in [0.717, 1.165) is 18.6 Å². The average Bonchev–Trinajstić information content (AvgIpc) is 2.96. The van der Waals surface area contributed by atoms with Crippen molar-refractivity contribution in [2.45, 2.75) is 65.1 Å². The summed E-state index contributed by atoms with van der Waals surface area (Å²) in [6, 6.07) is 16.9. The highest BCUT2D eigenvalue weighted by Gasteiger charge is 2.44. The second-order valence-corrected chi connectivity index (χ2v) is 10.2. The third-order valence-electron chi connectivity index (χ3n) is 6.31. The zero-order valence-electron chi connectivity index (χ0n) is 20.2. The van der Waals surface area contributed by atoms with Crippen molar-refractivity contribution in [3.05, 3.63) is 65.2 Å². The summed E-state index contributed by atoms with van der Waals surface area (Å²) in [6.07, 6.45) is 1.68. The lowest BCUT2D eigenvalue weighted by Crippen LogP contribution is -2.33. The summed E-state index contributed by atoms with van der Waals surface area (Å²) in [5.74, 6) is 1.58. The summed E-state index contributed by atoms with van der Waals surface area (Å²) in [5.41, 5.74) is 3.83. The number of hydrogen-bond donors (Lipinski definition) is 0. The first-order valence-electron chi connectivity index (χ1n) is 11.4. The molecule has 2 aromatic carbocycles. The van der Waals surface area contributed by atoms with E-state index in [2.05, 4.69) is 87.9 Å². The Bertz CT molecular complexity index is 866. The molecule has 1 aliphatic heterocycles. The fourth-order valence-electron chi connectivity index (χ4n) is 4.43. The highest BCUT2D eigenvalue weighted by Crippen LogP contribution is 2.36. The van der Waals surface area contributed by atoms with Crippen LogP contribution >= 0.6 is 0 Å². The number of rotatable bonds is 7. The van der Waals surface area contributed by atoms with E-state index in [1.165, 1.54) is 16.7 Å². The molecule has 4 nitrogen and oxygen atoms in total. The van der Waals surface area contributed by atoms with E-state index in [4.69, 9.17) is 4.74 Å². The van der Waals surface area contributed by atoms with Crippen LogP contribution in [0.25, 0.3) is 0 Å². The van der Waals surface area contributed by atoms with E-state index in [1.807, 2.05) is 12.1 Å². The molecule has 168 valence electrons. The number of carbonyl (C=O) groups is 1. The Kier molecular flexibility index (Phi) is 7.10. The minimum atomic E-state index is -0.0665. The van der Waals surface area contributed by atoms with Crippen molar-refractivity contribution in [3.63, 3.8) is 0 Å². The molecule has 0 bridgehead atoms. The Morgan fingerprint density at radius 2 is 1.61 bits per heavy atom. The van der Waals surface area contributed by atoms with Crippen LogP contribution in [0.5, 0.6) is 5.75 Å². The van der Waals surface area contributed by atoms with Crippen LogP contribution in [0.3, 0.4) is 0 Å². The molecule has 0 saturated carbocycles. The minimum Gasteiger partial charge on any atom is -0.497 e. The van der Waals surface area contributed by atoms with E-state index in [-0.39, 0.29) is 23.5 Å².